The number of esters is 1. The molecule has 1 N–H and O–H groups in total. The van der Waals surface area contributed by atoms with Crippen LogP contribution in [0.1, 0.15) is 51.6 Å². The molecule has 0 saturated carbocycles. The van der Waals surface area contributed by atoms with E-state index in [0.717, 1.165) is 30.4 Å². The van der Waals surface area contributed by atoms with Gasteiger partial charge in [-0.1, -0.05) is 18.2 Å². The number of hydrogen-bond acceptors (Lipinski definition) is 7. The Balaban J connectivity index is 1.39. The summed E-state index contributed by atoms with van der Waals surface area (Å²) in [6, 6.07) is 12.1. The van der Waals surface area contributed by atoms with Crippen molar-refractivity contribution in [2.75, 3.05) is 38.2 Å². The van der Waals surface area contributed by atoms with Crippen molar-refractivity contribution < 1.29 is 27.5 Å². The minimum Gasteiger partial charge on any atom is -0.462 e. The molecule has 0 radical (unpaired) electrons. The Morgan fingerprint density at radius 2 is 1.74 bits per heavy atom. The van der Waals surface area contributed by atoms with Gasteiger partial charge in [-0.05, 0) is 73.6 Å². The number of ether oxygens (including phenoxy) is 2. The number of amides is 1. The molecule has 0 unspecified atom stereocenters. The molecule has 1 fully saturated rings. The van der Waals surface area contributed by atoms with E-state index < -0.39 is 21.9 Å². The van der Waals surface area contributed by atoms with Crippen molar-refractivity contribution >= 4 is 38.2 Å². The maximum absolute atomic E-state index is 13.1. The summed E-state index contributed by atoms with van der Waals surface area (Å²) in [7, 11) is -3.66. The van der Waals surface area contributed by atoms with E-state index in [1.54, 1.807) is 6.92 Å². The van der Waals surface area contributed by atoms with Crippen LogP contribution in [-0.4, -0.2) is 57.5 Å². The Hall–Kier alpha value is -3.05. The third-order valence-electron chi connectivity index (χ3n) is 6.88. The number of carbonyl (C=O) groups is 2. The number of anilines is 1. The molecular weight excluding hydrogens is 524 g/mol. The van der Waals surface area contributed by atoms with Crippen LogP contribution in [0.25, 0.3) is 11.1 Å². The van der Waals surface area contributed by atoms with Crippen molar-refractivity contribution in [2.45, 2.75) is 37.5 Å². The zero-order chi connectivity index (χ0) is 26.7. The van der Waals surface area contributed by atoms with E-state index in [1.165, 1.54) is 57.5 Å². The maximum Gasteiger partial charge on any atom is 0.341 e. The number of rotatable bonds is 7. The van der Waals surface area contributed by atoms with Crippen LogP contribution in [0.4, 0.5) is 5.00 Å². The normalized spacial score (nSPS) is 16.0. The summed E-state index contributed by atoms with van der Waals surface area (Å²) in [6.07, 6.45) is 4.43. The fourth-order valence-electron chi connectivity index (χ4n) is 4.86. The van der Waals surface area contributed by atoms with Crippen LogP contribution < -0.4 is 5.32 Å². The van der Waals surface area contributed by atoms with Crippen molar-refractivity contribution in [3.63, 3.8) is 0 Å². The van der Waals surface area contributed by atoms with Gasteiger partial charge in [0.05, 0.1) is 24.7 Å². The Kier molecular flexibility index (Phi) is 7.94. The van der Waals surface area contributed by atoms with Gasteiger partial charge < -0.3 is 14.8 Å². The summed E-state index contributed by atoms with van der Waals surface area (Å²) in [5.74, 6) is -0.937. The molecule has 2 aromatic carbocycles. The predicted molar refractivity (Wildman–Crippen MR) is 146 cm³/mol. The Labute approximate surface area is 226 Å². The molecule has 2 heterocycles. The van der Waals surface area contributed by atoms with Gasteiger partial charge in [0.1, 0.15) is 10.6 Å². The van der Waals surface area contributed by atoms with Crippen molar-refractivity contribution in [1.29, 1.82) is 0 Å². The lowest BCUT2D eigenvalue weighted by Crippen LogP contribution is -2.40. The second kappa shape index (κ2) is 11.4. The fourth-order valence-corrected chi connectivity index (χ4v) is 7.22. The van der Waals surface area contributed by atoms with Crippen molar-refractivity contribution in [3.8, 4) is 11.1 Å². The molecule has 8 nitrogen and oxygen atoms in total. The number of thiophene rings is 1. The van der Waals surface area contributed by atoms with Crippen LogP contribution in [0.3, 0.4) is 0 Å². The first-order chi connectivity index (χ1) is 18.4. The van der Waals surface area contributed by atoms with Gasteiger partial charge in [-0.15, -0.1) is 11.3 Å². The Morgan fingerprint density at radius 1 is 1.03 bits per heavy atom. The van der Waals surface area contributed by atoms with Gasteiger partial charge in [-0.25, -0.2) is 13.2 Å². The second-order valence-corrected chi connectivity index (χ2v) is 12.1. The molecule has 1 aliphatic heterocycles. The van der Waals surface area contributed by atoms with Crippen LogP contribution in [0.2, 0.25) is 0 Å². The van der Waals surface area contributed by atoms with Gasteiger partial charge in [0.2, 0.25) is 10.0 Å². The number of fused-ring (bicyclic) bond motifs is 1. The molecule has 1 aliphatic carbocycles. The fraction of sp³-hybridized carbons (Fsp3) is 0.357. The molecule has 0 spiro atoms. The third-order valence-corrected chi connectivity index (χ3v) is 9.69. The van der Waals surface area contributed by atoms with Gasteiger partial charge in [-0.2, -0.15) is 4.31 Å². The van der Waals surface area contributed by atoms with E-state index in [2.05, 4.69) is 17.4 Å². The van der Waals surface area contributed by atoms with Crippen LogP contribution in [0.15, 0.2) is 52.7 Å². The molecule has 200 valence electrons. The summed E-state index contributed by atoms with van der Waals surface area (Å²) >= 11 is 1.26. The number of carbonyl (C=O) groups excluding carboxylic acids is 2. The minimum atomic E-state index is -3.66. The molecule has 5 rings (SSSR count). The van der Waals surface area contributed by atoms with Gasteiger partial charge in [0.15, 0.2) is 0 Å². The predicted octanol–water partition coefficient (Wildman–Crippen LogP) is 4.74. The zero-order valence-corrected chi connectivity index (χ0v) is 22.8. The highest BCUT2D eigenvalue weighted by atomic mass is 32.2. The van der Waals surface area contributed by atoms with Crippen LogP contribution >= 0.6 is 11.3 Å². The lowest BCUT2D eigenvalue weighted by molar-refractivity contribution is 0.0529. The first kappa shape index (κ1) is 26.6. The second-order valence-electron chi connectivity index (χ2n) is 9.26. The standard InChI is InChI=1S/C28H30N2O6S2/c1-2-36-28(32)25-24(22-8-7-19-5-3-4-6-21(19)17-22)18-37-27(25)29-26(31)20-9-11-23(12-10-20)38(33,34)30-13-15-35-16-14-30/h7-12,17-18H,2-6,13-16H2,1H3,(H,29,31). The van der Waals surface area contributed by atoms with E-state index in [1.807, 2.05) is 11.4 Å². The summed E-state index contributed by atoms with van der Waals surface area (Å²) in [6.45, 7) is 3.27. The van der Waals surface area contributed by atoms with Crippen LogP contribution in [0, 0.1) is 0 Å². The monoisotopic (exact) mass is 554 g/mol. The zero-order valence-electron chi connectivity index (χ0n) is 21.2. The summed E-state index contributed by atoms with van der Waals surface area (Å²) < 4.78 is 37.7. The van der Waals surface area contributed by atoms with Crippen molar-refractivity contribution in [1.82, 2.24) is 4.31 Å². The first-order valence-electron chi connectivity index (χ1n) is 12.8. The molecule has 1 saturated heterocycles. The molecule has 38 heavy (non-hydrogen) atoms. The average molecular weight is 555 g/mol. The Morgan fingerprint density at radius 3 is 2.45 bits per heavy atom. The molecular formula is C28H30N2O6S2. The molecule has 0 bridgehead atoms. The lowest BCUT2D eigenvalue weighted by atomic mass is 9.89. The smallest absolute Gasteiger partial charge is 0.341 e. The SMILES string of the molecule is CCOC(=O)c1c(-c2ccc3c(c2)CCCC3)csc1NC(=O)c1ccc(S(=O)(=O)N2CCOCC2)cc1. The van der Waals surface area contributed by atoms with E-state index in [0.29, 0.717) is 36.9 Å². The van der Waals surface area contributed by atoms with Gasteiger partial charge in [0.25, 0.3) is 5.91 Å². The van der Waals surface area contributed by atoms with Gasteiger partial charge >= 0.3 is 5.97 Å². The lowest BCUT2D eigenvalue weighted by Gasteiger charge is -2.26. The van der Waals surface area contributed by atoms with Gasteiger partial charge in [-0.3, -0.25) is 4.79 Å². The summed E-state index contributed by atoms with van der Waals surface area (Å²) in [5, 5.41) is 5.10. The van der Waals surface area contributed by atoms with E-state index in [4.69, 9.17) is 9.47 Å². The van der Waals surface area contributed by atoms with Crippen molar-refractivity contribution in [3.05, 3.63) is 70.1 Å². The topological polar surface area (TPSA) is 102 Å². The van der Waals surface area contributed by atoms with Crippen molar-refractivity contribution in [2.24, 2.45) is 0 Å². The maximum atomic E-state index is 13.1. The quantitative estimate of drug-likeness (QED) is 0.423. The number of nitrogens with zero attached hydrogens (tertiary/aromatic N) is 1. The number of sulfonamides is 1. The number of nitrogens with one attached hydrogen (secondary N) is 1. The van der Waals surface area contributed by atoms with E-state index in [-0.39, 0.29) is 17.1 Å². The molecule has 3 aromatic rings. The highest BCUT2D eigenvalue weighted by Gasteiger charge is 2.27. The summed E-state index contributed by atoms with van der Waals surface area (Å²) in [5.41, 5.74) is 4.90. The Bertz CT molecular complexity index is 1440. The van der Waals surface area contributed by atoms with Crippen LogP contribution in [-0.2, 0) is 32.3 Å². The average Bonchev–Trinajstić information content (AvgIpc) is 3.37. The van der Waals surface area contributed by atoms with Crippen LogP contribution in [0.5, 0.6) is 0 Å². The minimum absolute atomic E-state index is 0.119. The molecule has 10 heteroatoms. The van der Waals surface area contributed by atoms with E-state index in [9.17, 15) is 18.0 Å². The molecule has 2 aliphatic rings. The number of hydrogen-bond donors (Lipinski definition) is 1. The summed E-state index contributed by atoms with van der Waals surface area (Å²) in [4.78, 5) is 26.2. The molecule has 0 atom stereocenters. The molecule has 1 amide bonds. The number of aryl methyl sites for hydroxylation is 2. The number of benzene rings is 2. The number of morpholine rings is 1. The van der Waals surface area contributed by atoms with Gasteiger partial charge in [0, 0.05) is 29.6 Å². The van der Waals surface area contributed by atoms with E-state index >= 15 is 0 Å². The highest BCUT2D eigenvalue weighted by Crippen LogP contribution is 2.38. The first-order valence-corrected chi connectivity index (χ1v) is 15.1. The third kappa shape index (κ3) is 5.40. The highest BCUT2D eigenvalue weighted by molar-refractivity contribution is 7.89. The molecule has 1 aromatic heterocycles. The largest absolute Gasteiger partial charge is 0.462 e.